The number of amidine groups is 1. The summed E-state index contributed by atoms with van der Waals surface area (Å²) in [4.78, 5) is 4.65. The number of aromatic nitrogens is 3. The van der Waals surface area contributed by atoms with Crippen LogP contribution in [0.5, 0.6) is 0 Å². The molecule has 0 amide bonds. The largest absolute Gasteiger partial charge is 0.359 e. The second-order valence-corrected chi connectivity index (χ2v) is 6.07. The van der Waals surface area contributed by atoms with Crippen molar-refractivity contribution in [3.05, 3.63) is 12.4 Å². The van der Waals surface area contributed by atoms with E-state index in [1.54, 1.807) is 6.20 Å². The first-order valence-electron chi connectivity index (χ1n) is 6.66. The molecule has 2 aliphatic rings. The number of thioether (sulfide) groups is 1. The van der Waals surface area contributed by atoms with Gasteiger partial charge in [0.25, 0.3) is 0 Å². The van der Waals surface area contributed by atoms with Crippen LogP contribution in [0.1, 0.15) is 32.1 Å². The maximum Gasteiger partial charge on any atom is 0.157 e. The van der Waals surface area contributed by atoms with E-state index in [0.717, 1.165) is 24.7 Å². The normalized spacial score (nSPS) is 23.9. The molecule has 98 valence electrons. The SMILES string of the molecule is c1cn(CCCN=C2NC3(CCCC3)CS2)nn1. The highest BCUT2D eigenvalue weighted by molar-refractivity contribution is 8.14. The maximum atomic E-state index is 4.65. The molecule has 3 rings (SSSR count). The van der Waals surface area contributed by atoms with Crippen LogP contribution in [0.3, 0.4) is 0 Å². The summed E-state index contributed by atoms with van der Waals surface area (Å²) >= 11 is 1.89. The molecule has 1 N–H and O–H groups in total. The molecule has 2 heterocycles. The predicted molar refractivity (Wildman–Crippen MR) is 73.7 cm³/mol. The Morgan fingerprint density at radius 3 is 3.11 bits per heavy atom. The van der Waals surface area contributed by atoms with Gasteiger partial charge in [-0.2, -0.15) is 0 Å². The molecule has 1 saturated heterocycles. The Labute approximate surface area is 111 Å². The zero-order valence-corrected chi connectivity index (χ0v) is 11.3. The molecule has 0 atom stereocenters. The Morgan fingerprint density at radius 2 is 2.33 bits per heavy atom. The van der Waals surface area contributed by atoms with Crippen molar-refractivity contribution in [1.29, 1.82) is 0 Å². The van der Waals surface area contributed by atoms with E-state index in [9.17, 15) is 0 Å². The van der Waals surface area contributed by atoms with Crippen LogP contribution in [0.15, 0.2) is 17.4 Å². The van der Waals surface area contributed by atoms with Crippen LogP contribution in [0.2, 0.25) is 0 Å². The van der Waals surface area contributed by atoms with Gasteiger partial charge in [0.2, 0.25) is 0 Å². The fraction of sp³-hybridized carbons (Fsp3) is 0.750. The lowest BCUT2D eigenvalue weighted by molar-refractivity contribution is 0.452. The van der Waals surface area contributed by atoms with Crippen molar-refractivity contribution in [2.24, 2.45) is 4.99 Å². The summed E-state index contributed by atoms with van der Waals surface area (Å²) in [5.41, 5.74) is 0.384. The Hall–Kier alpha value is -1.04. The number of hydrogen-bond acceptors (Lipinski definition) is 4. The van der Waals surface area contributed by atoms with Gasteiger partial charge in [-0.25, -0.2) is 0 Å². The summed E-state index contributed by atoms with van der Waals surface area (Å²) in [7, 11) is 0. The first-order valence-corrected chi connectivity index (χ1v) is 7.64. The zero-order chi connectivity index (χ0) is 12.3. The summed E-state index contributed by atoms with van der Waals surface area (Å²) in [6.45, 7) is 1.76. The van der Waals surface area contributed by atoms with Gasteiger partial charge < -0.3 is 5.32 Å². The summed E-state index contributed by atoms with van der Waals surface area (Å²) < 4.78 is 1.86. The third-order valence-corrected chi connectivity index (χ3v) is 4.89. The van der Waals surface area contributed by atoms with Gasteiger partial charge in [-0.3, -0.25) is 9.67 Å². The Morgan fingerprint density at radius 1 is 1.44 bits per heavy atom. The van der Waals surface area contributed by atoms with Gasteiger partial charge in [0, 0.05) is 30.6 Å². The van der Waals surface area contributed by atoms with Crippen LogP contribution in [0.25, 0.3) is 0 Å². The van der Waals surface area contributed by atoms with E-state index in [1.807, 2.05) is 22.6 Å². The Kier molecular flexibility index (Phi) is 3.54. The van der Waals surface area contributed by atoms with Gasteiger partial charge in [0.1, 0.15) is 0 Å². The van der Waals surface area contributed by atoms with E-state index in [1.165, 1.54) is 31.4 Å². The van der Waals surface area contributed by atoms with Gasteiger partial charge in [-0.15, -0.1) is 5.10 Å². The smallest absolute Gasteiger partial charge is 0.157 e. The van der Waals surface area contributed by atoms with Crippen molar-refractivity contribution in [2.75, 3.05) is 12.3 Å². The molecule has 1 aromatic rings. The summed E-state index contributed by atoms with van der Waals surface area (Å²) in [6, 6.07) is 0. The fourth-order valence-corrected chi connectivity index (χ4v) is 3.92. The second kappa shape index (κ2) is 5.30. The van der Waals surface area contributed by atoms with Crippen LogP contribution in [0.4, 0.5) is 0 Å². The molecule has 2 fully saturated rings. The van der Waals surface area contributed by atoms with E-state index in [-0.39, 0.29) is 0 Å². The van der Waals surface area contributed by atoms with Gasteiger partial charge in [-0.05, 0) is 19.3 Å². The quantitative estimate of drug-likeness (QED) is 0.842. The number of rotatable bonds is 4. The molecule has 1 spiro atoms. The lowest BCUT2D eigenvalue weighted by Crippen LogP contribution is -2.40. The molecule has 5 nitrogen and oxygen atoms in total. The molecule has 0 aromatic carbocycles. The standard InChI is InChI=1S/C12H19N5S/c1-2-5-12(4-1)10-18-11(15-12)13-6-3-8-17-9-7-14-16-17/h7,9H,1-6,8,10H2,(H,13,15). The molecular formula is C12H19N5S. The minimum atomic E-state index is 0.384. The Balaban J connectivity index is 1.43. The highest BCUT2D eigenvalue weighted by Crippen LogP contribution is 2.37. The molecule has 1 aliphatic carbocycles. The fourth-order valence-electron chi connectivity index (χ4n) is 2.68. The van der Waals surface area contributed by atoms with Crippen molar-refractivity contribution < 1.29 is 0 Å². The molecule has 6 heteroatoms. The predicted octanol–water partition coefficient (Wildman–Crippen LogP) is 1.67. The summed E-state index contributed by atoms with van der Waals surface area (Å²) in [5.74, 6) is 1.20. The van der Waals surface area contributed by atoms with E-state index < -0.39 is 0 Å². The highest BCUT2D eigenvalue weighted by atomic mass is 32.2. The van der Waals surface area contributed by atoms with E-state index >= 15 is 0 Å². The lowest BCUT2D eigenvalue weighted by Gasteiger charge is -2.21. The topological polar surface area (TPSA) is 55.1 Å². The van der Waals surface area contributed by atoms with Gasteiger partial charge >= 0.3 is 0 Å². The Bertz CT molecular complexity index is 408. The van der Waals surface area contributed by atoms with Crippen molar-refractivity contribution >= 4 is 16.9 Å². The van der Waals surface area contributed by atoms with Crippen molar-refractivity contribution in [2.45, 2.75) is 44.2 Å². The molecule has 1 aromatic heterocycles. The van der Waals surface area contributed by atoms with Crippen molar-refractivity contribution in [3.8, 4) is 0 Å². The summed E-state index contributed by atoms with van der Waals surface area (Å²) in [5, 5.41) is 12.5. The third-order valence-electron chi connectivity index (χ3n) is 3.69. The average molecular weight is 265 g/mol. The van der Waals surface area contributed by atoms with E-state index in [0.29, 0.717) is 5.54 Å². The number of nitrogens with one attached hydrogen (secondary N) is 1. The van der Waals surface area contributed by atoms with Gasteiger partial charge in [0.05, 0.1) is 6.20 Å². The molecule has 0 radical (unpaired) electrons. The lowest BCUT2D eigenvalue weighted by atomic mass is 10.0. The second-order valence-electron chi connectivity index (χ2n) is 5.11. The summed E-state index contributed by atoms with van der Waals surface area (Å²) in [6.07, 6.45) is 9.99. The van der Waals surface area contributed by atoms with E-state index in [2.05, 4.69) is 20.6 Å². The number of aliphatic imine (C=N–C) groups is 1. The van der Waals surface area contributed by atoms with Crippen LogP contribution < -0.4 is 5.32 Å². The van der Waals surface area contributed by atoms with Gasteiger partial charge in [-0.1, -0.05) is 29.8 Å². The molecule has 1 aliphatic heterocycles. The van der Waals surface area contributed by atoms with Gasteiger partial charge in [0.15, 0.2) is 5.17 Å². The number of nitrogens with zero attached hydrogens (tertiary/aromatic N) is 4. The highest BCUT2D eigenvalue weighted by Gasteiger charge is 2.39. The maximum absolute atomic E-state index is 4.65. The zero-order valence-electron chi connectivity index (χ0n) is 10.5. The average Bonchev–Trinajstić information content (AvgIpc) is 3.10. The van der Waals surface area contributed by atoms with Crippen molar-refractivity contribution in [1.82, 2.24) is 20.3 Å². The monoisotopic (exact) mass is 265 g/mol. The third kappa shape index (κ3) is 2.68. The molecule has 1 saturated carbocycles. The minimum Gasteiger partial charge on any atom is -0.359 e. The molecule has 0 bridgehead atoms. The van der Waals surface area contributed by atoms with Crippen LogP contribution in [-0.4, -0.2) is 38.0 Å². The van der Waals surface area contributed by atoms with Crippen LogP contribution in [0, 0.1) is 0 Å². The minimum absolute atomic E-state index is 0.384. The number of hydrogen-bond donors (Lipinski definition) is 1. The molecule has 18 heavy (non-hydrogen) atoms. The van der Waals surface area contributed by atoms with Crippen LogP contribution >= 0.6 is 11.8 Å². The molecular weight excluding hydrogens is 246 g/mol. The first-order chi connectivity index (χ1) is 8.86. The molecule has 0 unspecified atom stereocenters. The van der Waals surface area contributed by atoms with E-state index in [4.69, 9.17) is 0 Å². The van der Waals surface area contributed by atoms with Crippen LogP contribution in [-0.2, 0) is 6.54 Å². The van der Waals surface area contributed by atoms with Crippen molar-refractivity contribution in [3.63, 3.8) is 0 Å². The number of aryl methyl sites for hydroxylation is 1. The first kappa shape index (κ1) is 12.0.